The molecular formula is C18H18F3N7. The number of nitrogens with one attached hydrogen (secondary N) is 1. The first-order chi connectivity index (χ1) is 13.4. The summed E-state index contributed by atoms with van der Waals surface area (Å²) in [5.74, 6) is 1.68. The maximum atomic E-state index is 13.4. The lowest BCUT2D eigenvalue weighted by molar-refractivity contribution is -0.141. The molecule has 7 nitrogen and oxygen atoms in total. The van der Waals surface area contributed by atoms with Crippen molar-refractivity contribution in [2.24, 2.45) is 0 Å². The zero-order chi connectivity index (χ0) is 19.7. The van der Waals surface area contributed by atoms with Crippen molar-refractivity contribution in [3.8, 4) is 11.4 Å². The summed E-state index contributed by atoms with van der Waals surface area (Å²) in [5, 5.41) is 7.02. The van der Waals surface area contributed by atoms with Gasteiger partial charge in [-0.2, -0.15) is 18.3 Å². The van der Waals surface area contributed by atoms with Crippen LogP contribution in [0.2, 0.25) is 0 Å². The fraction of sp³-hybridized carbons (Fsp3) is 0.389. The Morgan fingerprint density at radius 1 is 1.21 bits per heavy atom. The van der Waals surface area contributed by atoms with E-state index in [9.17, 15) is 13.2 Å². The SMILES string of the molecule is Cc1nc(C2CCCN(c3cc(C(F)(F)F)nc(-c4cccnc4)n3)C2)n[nH]1. The van der Waals surface area contributed by atoms with E-state index >= 15 is 0 Å². The molecule has 0 aromatic carbocycles. The molecular weight excluding hydrogens is 371 g/mol. The number of halogens is 3. The van der Waals surface area contributed by atoms with Crippen molar-refractivity contribution in [1.29, 1.82) is 0 Å². The number of aromatic nitrogens is 6. The number of aryl methyl sites for hydroxylation is 1. The molecule has 4 heterocycles. The molecule has 28 heavy (non-hydrogen) atoms. The molecule has 1 aliphatic rings. The average Bonchev–Trinajstić information content (AvgIpc) is 3.14. The monoisotopic (exact) mass is 389 g/mol. The highest BCUT2D eigenvalue weighted by molar-refractivity contribution is 5.57. The minimum absolute atomic E-state index is 0.00814. The number of pyridine rings is 1. The van der Waals surface area contributed by atoms with Crippen LogP contribution in [0.3, 0.4) is 0 Å². The largest absolute Gasteiger partial charge is 0.433 e. The van der Waals surface area contributed by atoms with Crippen LogP contribution in [0.1, 0.15) is 36.1 Å². The third-order valence-corrected chi connectivity index (χ3v) is 4.65. The van der Waals surface area contributed by atoms with Crippen LogP contribution in [0.5, 0.6) is 0 Å². The molecule has 0 saturated carbocycles. The van der Waals surface area contributed by atoms with Gasteiger partial charge in [0.2, 0.25) is 0 Å². The number of aromatic amines is 1. The topological polar surface area (TPSA) is 83.5 Å². The molecule has 0 amide bonds. The lowest BCUT2D eigenvalue weighted by Gasteiger charge is -2.32. The van der Waals surface area contributed by atoms with E-state index < -0.39 is 11.9 Å². The summed E-state index contributed by atoms with van der Waals surface area (Å²) in [6.07, 6.45) is 0.123. The highest BCUT2D eigenvalue weighted by atomic mass is 19.4. The van der Waals surface area contributed by atoms with Crippen molar-refractivity contribution in [3.63, 3.8) is 0 Å². The Morgan fingerprint density at radius 2 is 2.07 bits per heavy atom. The van der Waals surface area contributed by atoms with Gasteiger partial charge in [-0.15, -0.1) is 0 Å². The molecule has 3 aromatic heterocycles. The van der Waals surface area contributed by atoms with Gasteiger partial charge in [0.25, 0.3) is 0 Å². The summed E-state index contributed by atoms with van der Waals surface area (Å²) >= 11 is 0. The van der Waals surface area contributed by atoms with E-state index in [0.717, 1.165) is 18.9 Å². The van der Waals surface area contributed by atoms with Gasteiger partial charge in [-0.25, -0.2) is 15.0 Å². The van der Waals surface area contributed by atoms with E-state index in [1.54, 1.807) is 18.3 Å². The Balaban J connectivity index is 1.69. The van der Waals surface area contributed by atoms with Crippen LogP contribution in [0.15, 0.2) is 30.6 Å². The minimum atomic E-state index is -4.56. The number of H-pyrrole nitrogens is 1. The number of alkyl halides is 3. The lowest BCUT2D eigenvalue weighted by Crippen LogP contribution is -2.35. The maximum absolute atomic E-state index is 13.4. The van der Waals surface area contributed by atoms with E-state index in [2.05, 4.69) is 30.1 Å². The van der Waals surface area contributed by atoms with Crippen LogP contribution < -0.4 is 4.90 Å². The van der Waals surface area contributed by atoms with Gasteiger partial charge in [-0.05, 0) is 31.9 Å². The molecule has 1 unspecified atom stereocenters. The fourth-order valence-electron chi connectivity index (χ4n) is 3.30. The number of piperidine rings is 1. The standard InChI is InChI=1S/C18H18F3N7/c1-11-23-17(27-26-11)13-5-3-7-28(10-13)15-8-14(18(19,20)21)24-16(25-15)12-4-2-6-22-9-12/h2,4,6,8-9,13H,3,5,7,10H2,1H3,(H,23,26,27). The second kappa shape index (κ2) is 7.17. The van der Waals surface area contributed by atoms with Crippen molar-refractivity contribution in [2.45, 2.75) is 31.9 Å². The predicted molar refractivity (Wildman–Crippen MR) is 95.6 cm³/mol. The summed E-state index contributed by atoms with van der Waals surface area (Å²) in [6, 6.07) is 4.29. The molecule has 0 bridgehead atoms. The Bertz CT molecular complexity index is 955. The van der Waals surface area contributed by atoms with Crippen LogP contribution >= 0.6 is 0 Å². The van der Waals surface area contributed by atoms with Crippen LogP contribution in [0.4, 0.5) is 19.0 Å². The van der Waals surface area contributed by atoms with Gasteiger partial charge in [0.15, 0.2) is 17.3 Å². The van der Waals surface area contributed by atoms with Gasteiger partial charge in [-0.3, -0.25) is 10.1 Å². The Kier molecular flexibility index (Phi) is 4.70. The number of rotatable bonds is 3. The van der Waals surface area contributed by atoms with Crippen molar-refractivity contribution >= 4 is 5.82 Å². The third-order valence-electron chi connectivity index (χ3n) is 4.65. The predicted octanol–water partition coefficient (Wildman–Crippen LogP) is 3.37. The summed E-state index contributed by atoms with van der Waals surface area (Å²) in [4.78, 5) is 18.3. The molecule has 10 heteroatoms. The van der Waals surface area contributed by atoms with Gasteiger partial charge < -0.3 is 4.90 Å². The number of hydrogen-bond donors (Lipinski definition) is 1. The third kappa shape index (κ3) is 3.80. The zero-order valence-corrected chi connectivity index (χ0v) is 15.1. The van der Waals surface area contributed by atoms with Gasteiger partial charge >= 0.3 is 6.18 Å². The highest BCUT2D eigenvalue weighted by Gasteiger charge is 2.35. The van der Waals surface area contributed by atoms with Crippen molar-refractivity contribution in [2.75, 3.05) is 18.0 Å². The second-order valence-electron chi connectivity index (χ2n) is 6.74. The normalized spacial score (nSPS) is 17.7. The van der Waals surface area contributed by atoms with Crippen molar-refractivity contribution in [3.05, 3.63) is 47.9 Å². The molecule has 1 N–H and O–H groups in total. The van der Waals surface area contributed by atoms with Gasteiger partial charge in [0.05, 0.1) is 0 Å². The Labute approximate surface area is 159 Å². The summed E-state index contributed by atoms with van der Waals surface area (Å²) in [5.41, 5.74) is -0.528. The maximum Gasteiger partial charge on any atom is 0.433 e. The first-order valence-electron chi connectivity index (χ1n) is 8.90. The molecule has 1 aliphatic heterocycles. The molecule has 0 spiro atoms. The van der Waals surface area contributed by atoms with E-state index in [-0.39, 0.29) is 17.6 Å². The van der Waals surface area contributed by atoms with Gasteiger partial charge in [-0.1, -0.05) is 0 Å². The highest BCUT2D eigenvalue weighted by Crippen LogP contribution is 2.33. The lowest BCUT2D eigenvalue weighted by atomic mass is 9.97. The van der Waals surface area contributed by atoms with E-state index in [4.69, 9.17) is 0 Å². The number of anilines is 1. The van der Waals surface area contributed by atoms with Gasteiger partial charge in [0, 0.05) is 43.0 Å². The molecule has 0 aliphatic carbocycles. The van der Waals surface area contributed by atoms with E-state index in [1.807, 2.05) is 11.8 Å². The molecule has 0 radical (unpaired) electrons. The molecule has 1 fully saturated rings. The molecule has 1 saturated heterocycles. The average molecular weight is 389 g/mol. The molecule has 4 rings (SSSR count). The molecule has 3 aromatic rings. The van der Waals surface area contributed by atoms with E-state index in [1.165, 1.54) is 6.20 Å². The molecule has 1 atom stereocenters. The van der Waals surface area contributed by atoms with Crippen LogP contribution in [0, 0.1) is 6.92 Å². The quantitative estimate of drug-likeness (QED) is 0.740. The van der Waals surface area contributed by atoms with Crippen molar-refractivity contribution in [1.82, 2.24) is 30.1 Å². The molecule has 146 valence electrons. The van der Waals surface area contributed by atoms with E-state index in [0.29, 0.717) is 30.3 Å². The second-order valence-corrected chi connectivity index (χ2v) is 6.74. The summed E-state index contributed by atoms with van der Waals surface area (Å²) in [6.45, 7) is 2.93. The van der Waals surface area contributed by atoms with Crippen LogP contribution in [0.25, 0.3) is 11.4 Å². The summed E-state index contributed by atoms with van der Waals surface area (Å²) < 4.78 is 40.3. The first-order valence-corrected chi connectivity index (χ1v) is 8.90. The first kappa shape index (κ1) is 18.3. The minimum Gasteiger partial charge on any atom is -0.356 e. The summed E-state index contributed by atoms with van der Waals surface area (Å²) in [7, 11) is 0. The zero-order valence-electron chi connectivity index (χ0n) is 15.1. The smallest absolute Gasteiger partial charge is 0.356 e. The van der Waals surface area contributed by atoms with Gasteiger partial charge in [0.1, 0.15) is 11.6 Å². The van der Waals surface area contributed by atoms with Crippen LogP contribution in [-0.4, -0.2) is 43.2 Å². The Hall–Kier alpha value is -3.04. The number of hydrogen-bond acceptors (Lipinski definition) is 6. The van der Waals surface area contributed by atoms with Crippen molar-refractivity contribution < 1.29 is 13.2 Å². The number of nitrogens with zero attached hydrogens (tertiary/aromatic N) is 6. The Morgan fingerprint density at radius 3 is 2.75 bits per heavy atom. The van der Waals surface area contributed by atoms with Crippen LogP contribution in [-0.2, 0) is 6.18 Å². The fourth-order valence-corrected chi connectivity index (χ4v) is 3.30.